The molecule has 1 aliphatic carbocycles. The zero-order chi connectivity index (χ0) is 15.5. The van der Waals surface area contributed by atoms with Crippen molar-refractivity contribution < 1.29 is 14.3 Å². The molecule has 4 heteroatoms. The minimum atomic E-state index is 0.0880. The number of nitrogens with zero attached hydrogens (tertiary/aromatic N) is 1. The second kappa shape index (κ2) is 6.69. The first-order chi connectivity index (χ1) is 10.6. The summed E-state index contributed by atoms with van der Waals surface area (Å²) in [4.78, 5) is 14.3. The minimum absolute atomic E-state index is 0.0880. The highest BCUT2D eigenvalue weighted by molar-refractivity contribution is 5.94. The van der Waals surface area contributed by atoms with Gasteiger partial charge < -0.3 is 14.4 Å². The zero-order valence-electron chi connectivity index (χ0n) is 13.5. The van der Waals surface area contributed by atoms with Gasteiger partial charge in [-0.05, 0) is 62.8 Å². The van der Waals surface area contributed by atoms with Crippen molar-refractivity contribution in [2.24, 2.45) is 5.92 Å². The van der Waals surface area contributed by atoms with Crippen molar-refractivity contribution >= 4 is 5.91 Å². The second-order valence-electron chi connectivity index (χ2n) is 6.46. The normalized spacial score (nSPS) is 22.4. The van der Waals surface area contributed by atoms with Gasteiger partial charge in [0.05, 0.1) is 6.10 Å². The Balaban J connectivity index is 1.54. The maximum Gasteiger partial charge on any atom is 0.253 e. The third-order valence-corrected chi connectivity index (χ3v) is 4.80. The summed E-state index contributed by atoms with van der Waals surface area (Å²) in [5.74, 6) is 1.57. The number of hydrogen-bond acceptors (Lipinski definition) is 3. The zero-order valence-corrected chi connectivity index (χ0v) is 13.5. The van der Waals surface area contributed by atoms with Crippen LogP contribution in [-0.2, 0) is 4.74 Å². The number of amides is 1. The molecule has 2 atom stereocenters. The van der Waals surface area contributed by atoms with Gasteiger partial charge in [0.25, 0.3) is 5.91 Å². The molecule has 2 fully saturated rings. The van der Waals surface area contributed by atoms with Crippen LogP contribution in [0.1, 0.15) is 43.0 Å². The Labute approximate surface area is 132 Å². The third-order valence-electron chi connectivity index (χ3n) is 4.80. The Bertz CT molecular complexity index is 504. The summed E-state index contributed by atoms with van der Waals surface area (Å²) >= 11 is 0. The van der Waals surface area contributed by atoms with Gasteiger partial charge in [0.1, 0.15) is 12.4 Å². The van der Waals surface area contributed by atoms with Gasteiger partial charge in [0.15, 0.2) is 0 Å². The molecule has 1 saturated carbocycles. The van der Waals surface area contributed by atoms with Gasteiger partial charge in [-0.2, -0.15) is 0 Å². The quantitative estimate of drug-likeness (QED) is 0.810. The van der Waals surface area contributed by atoms with Gasteiger partial charge in [-0.3, -0.25) is 4.79 Å². The number of carbonyl (C=O) groups excluding carboxylic acids is 1. The van der Waals surface area contributed by atoms with Crippen molar-refractivity contribution in [3.63, 3.8) is 0 Å². The lowest BCUT2D eigenvalue weighted by atomic mass is 10.1. The van der Waals surface area contributed by atoms with Crippen LogP contribution in [0.15, 0.2) is 24.3 Å². The van der Waals surface area contributed by atoms with Crippen LogP contribution in [-0.4, -0.2) is 43.2 Å². The molecule has 1 aromatic rings. The van der Waals surface area contributed by atoms with Crippen LogP contribution >= 0.6 is 0 Å². The van der Waals surface area contributed by atoms with Crippen LogP contribution in [0.5, 0.6) is 5.75 Å². The molecule has 3 rings (SSSR count). The Morgan fingerprint density at radius 3 is 2.64 bits per heavy atom. The fraction of sp³-hybridized carbons (Fsp3) is 0.611. The molecular weight excluding hydrogens is 278 g/mol. The van der Waals surface area contributed by atoms with E-state index in [2.05, 4.69) is 6.92 Å². The Morgan fingerprint density at radius 1 is 1.32 bits per heavy atom. The van der Waals surface area contributed by atoms with Gasteiger partial charge in [0, 0.05) is 25.3 Å². The molecule has 0 radical (unpaired) electrons. The van der Waals surface area contributed by atoms with E-state index in [0.717, 1.165) is 30.8 Å². The van der Waals surface area contributed by atoms with Crippen molar-refractivity contribution in [1.82, 2.24) is 4.90 Å². The average molecular weight is 303 g/mol. The molecule has 1 aromatic carbocycles. The van der Waals surface area contributed by atoms with Crippen molar-refractivity contribution in [3.05, 3.63) is 29.8 Å². The molecule has 1 aliphatic heterocycles. The van der Waals surface area contributed by atoms with E-state index in [0.29, 0.717) is 18.6 Å². The van der Waals surface area contributed by atoms with E-state index in [1.54, 1.807) is 0 Å². The van der Waals surface area contributed by atoms with Gasteiger partial charge in [-0.25, -0.2) is 0 Å². The fourth-order valence-electron chi connectivity index (χ4n) is 2.94. The molecule has 1 amide bonds. The largest absolute Gasteiger partial charge is 0.491 e. The standard InChI is InChI=1S/C18H25NO3/c1-13(14-5-6-14)19(2)18(20)15-7-9-16(10-8-15)22-12-17-4-3-11-21-17/h7-10,13-14,17H,3-6,11-12H2,1-2H3. The number of ether oxygens (including phenoxy) is 2. The van der Waals surface area contributed by atoms with Crippen LogP contribution in [0, 0.1) is 5.92 Å². The number of carbonyl (C=O) groups is 1. The Hall–Kier alpha value is -1.55. The van der Waals surface area contributed by atoms with Gasteiger partial charge in [-0.1, -0.05) is 0 Å². The summed E-state index contributed by atoms with van der Waals surface area (Å²) in [6.07, 6.45) is 4.89. The van der Waals surface area contributed by atoms with Gasteiger partial charge >= 0.3 is 0 Å². The molecule has 120 valence electrons. The van der Waals surface area contributed by atoms with E-state index in [9.17, 15) is 4.79 Å². The van der Waals surface area contributed by atoms with Crippen LogP contribution in [0.3, 0.4) is 0 Å². The smallest absolute Gasteiger partial charge is 0.253 e. The predicted molar refractivity (Wildman–Crippen MR) is 85.2 cm³/mol. The van der Waals surface area contributed by atoms with E-state index in [-0.39, 0.29) is 12.0 Å². The van der Waals surface area contributed by atoms with Crippen LogP contribution in [0.25, 0.3) is 0 Å². The molecule has 0 spiro atoms. The number of rotatable bonds is 6. The lowest BCUT2D eigenvalue weighted by Crippen LogP contribution is -2.36. The van der Waals surface area contributed by atoms with Crippen LogP contribution < -0.4 is 4.74 Å². The van der Waals surface area contributed by atoms with Gasteiger partial charge in [0.2, 0.25) is 0 Å². The monoisotopic (exact) mass is 303 g/mol. The van der Waals surface area contributed by atoms with Crippen molar-refractivity contribution in [1.29, 1.82) is 0 Å². The minimum Gasteiger partial charge on any atom is -0.491 e. The second-order valence-corrected chi connectivity index (χ2v) is 6.46. The molecule has 1 heterocycles. The van der Waals surface area contributed by atoms with Crippen molar-refractivity contribution in [3.8, 4) is 5.75 Å². The van der Waals surface area contributed by atoms with E-state index in [1.807, 2.05) is 36.2 Å². The molecule has 4 nitrogen and oxygen atoms in total. The summed E-state index contributed by atoms with van der Waals surface area (Å²) in [6.45, 7) is 3.56. The average Bonchev–Trinajstić information content (AvgIpc) is 3.27. The third kappa shape index (κ3) is 3.61. The van der Waals surface area contributed by atoms with E-state index >= 15 is 0 Å². The predicted octanol–water partition coefficient (Wildman–Crippen LogP) is 3.11. The Kier molecular flexibility index (Phi) is 4.67. The van der Waals surface area contributed by atoms with E-state index < -0.39 is 0 Å². The molecule has 0 aromatic heterocycles. The van der Waals surface area contributed by atoms with Gasteiger partial charge in [-0.15, -0.1) is 0 Å². The molecule has 0 N–H and O–H groups in total. The summed E-state index contributed by atoms with van der Waals surface area (Å²) in [6, 6.07) is 7.77. The highest BCUT2D eigenvalue weighted by Gasteiger charge is 2.32. The number of hydrogen-bond donors (Lipinski definition) is 0. The summed E-state index contributed by atoms with van der Waals surface area (Å²) < 4.78 is 11.3. The maximum atomic E-state index is 12.5. The maximum absolute atomic E-state index is 12.5. The van der Waals surface area contributed by atoms with Crippen LogP contribution in [0.2, 0.25) is 0 Å². The lowest BCUT2D eigenvalue weighted by Gasteiger charge is -2.25. The summed E-state index contributed by atoms with van der Waals surface area (Å²) in [5, 5.41) is 0. The number of benzene rings is 1. The van der Waals surface area contributed by atoms with Crippen molar-refractivity contribution in [2.75, 3.05) is 20.3 Å². The van der Waals surface area contributed by atoms with Crippen molar-refractivity contribution in [2.45, 2.75) is 44.8 Å². The molecule has 2 aliphatic rings. The summed E-state index contributed by atoms with van der Waals surface area (Å²) in [7, 11) is 1.90. The first kappa shape index (κ1) is 15.3. The van der Waals surface area contributed by atoms with E-state index in [4.69, 9.17) is 9.47 Å². The lowest BCUT2D eigenvalue weighted by molar-refractivity contribution is 0.0678. The highest BCUT2D eigenvalue weighted by atomic mass is 16.5. The molecular formula is C18H25NO3. The van der Waals surface area contributed by atoms with Crippen LogP contribution in [0.4, 0.5) is 0 Å². The molecule has 0 bridgehead atoms. The Morgan fingerprint density at radius 2 is 2.05 bits per heavy atom. The first-order valence-electron chi connectivity index (χ1n) is 8.27. The highest BCUT2D eigenvalue weighted by Crippen LogP contribution is 2.35. The molecule has 2 unspecified atom stereocenters. The molecule has 1 saturated heterocycles. The fourth-order valence-corrected chi connectivity index (χ4v) is 2.94. The van der Waals surface area contributed by atoms with E-state index in [1.165, 1.54) is 12.8 Å². The first-order valence-corrected chi connectivity index (χ1v) is 8.27. The summed E-state index contributed by atoms with van der Waals surface area (Å²) in [5.41, 5.74) is 0.722. The molecule has 22 heavy (non-hydrogen) atoms. The SMILES string of the molecule is CC(C1CC1)N(C)C(=O)c1ccc(OCC2CCCO2)cc1. The topological polar surface area (TPSA) is 38.8 Å².